The molecule has 158 valence electrons. The molecule has 0 aliphatic rings. The highest BCUT2D eigenvalue weighted by Crippen LogP contribution is 2.25. The van der Waals surface area contributed by atoms with Crippen LogP contribution in [0, 0.1) is 0 Å². The van der Waals surface area contributed by atoms with Gasteiger partial charge < -0.3 is 23.3 Å². The lowest BCUT2D eigenvalue weighted by Gasteiger charge is -2.20. The fraction of sp³-hybridized carbons (Fsp3) is 0.167. The van der Waals surface area contributed by atoms with E-state index in [1.54, 1.807) is 55.7 Å². The van der Waals surface area contributed by atoms with Gasteiger partial charge in [-0.05, 0) is 48.5 Å². The van der Waals surface area contributed by atoms with Gasteiger partial charge in [0.2, 0.25) is 0 Å². The van der Waals surface area contributed by atoms with Crippen molar-refractivity contribution in [1.29, 1.82) is 0 Å². The van der Waals surface area contributed by atoms with Crippen molar-refractivity contribution in [3.63, 3.8) is 0 Å². The fourth-order valence-electron chi connectivity index (χ4n) is 3.20. The first-order valence-electron chi connectivity index (χ1n) is 9.72. The number of rotatable bonds is 8. The molecule has 0 saturated carbocycles. The van der Waals surface area contributed by atoms with Crippen LogP contribution < -0.4 is 9.47 Å². The summed E-state index contributed by atoms with van der Waals surface area (Å²) in [6.45, 7) is 0.568. The van der Waals surface area contributed by atoms with Gasteiger partial charge in [-0.2, -0.15) is 0 Å². The molecule has 0 N–H and O–H groups in total. The molecule has 7 nitrogen and oxygen atoms in total. The zero-order chi connectivity index (χ0) is 21.6. The second-order valence-electron chi connectivity index (χ2n) is 6.88. The van der Waals surface area contributed by atoms with Gasteiger partial charge in [-0.25, -0.2) is 0 Å². The first kappa shape index (κ1) is 20.3. The highest BCUT2D eigenvalue weighted by Gasteiger charge is 2.20. The molecule has 2 heterocycles. The van der Waals surface area contributed by atoms with Gasteiger partial charge in [-0.3, -0.25) is 4.79 Å². The summed E-state index contributed by atoms with van der Waals surface area (Å²) < 4.78 is 21.4. The van der Waals surface area contributed by atoms with Crippen LogP contribution in [0.25, 0.3) is 11.3 Å². The van der Waals surface area contributed by atoms with E-state index in [0.29, 0.717) is 35.1 Å². The van der Waals surface area contributed by atoms with Crippen LogP contribution in [0.3, 0.4) is 0 Å². The minimum atomic E-state index is -0.148. The Hall–Kier alpha value is -4.00. The second-order valence-corrected chi connectivity index (χ2v) is 6.88. The van der Waals surface area contributed by atoms with Crippen LogP contribution in [0.1, 0.15) is 21.8 Å². The SMILES string of the molecule is COc1ccc(C(=O)N(Cc2cc(-c3cccc(OC)c3)on2)Cc2ccco2)cc1. The van der Waals surface area contributed by atoms with E-state index in [2.05, 4.69) is 5.16 Å². The largest absolute Gasteiger partial charge is 0.497 e. The summed E-state index contributed by atoms with van der Waals surface area (Å²) in [6.07, 6.45) is 1.59. The Morgan fingerprint density at radius 3 is 2.45 bits per heavy atom. The fourth-order valence-corrected chi connectivity index (χ4v) is 3.20. The van der Waals surface area contributed by atoms with Gasteiger partial charge in [0.05, 0.1) is 33.6 Å². The summed E-state index contributed by atoms with van der Waals surface area (Å²) in [5, 5.41) is 4.16. The van der Waals surface area contributed by atoms with E-state index in [4.69, 9.17) is 18.4 Å². The number of benzene rings is 2. The van der Waals surface area contributed by atoms with Crippen LogP contribution in [-0.4, -0.2) is 30.2 Å². The molecule has 1 amide bonds. The van der Waals surface area contributed by atoms with Crippen molar-refractivity contribution >= 4 is 5.91 Å². The van der Waals surface area contributed by atoms with Crippen LogP contribution in [0.5, 0.6) is 11.5 Å². The number of furan rings is 1. The van der Waals surface area contributed by atoms with Crippen LogP contribution in [0.2, 0.25) is 0 Å². The molecular weight excluding hydrogens is 396 g/mol. The summed E-state index contributed by atoms with van der Waals surface area (Å²) >= 11 is 0. The van der Waals surface area contributed by atoms with Crippen molar-refractivity contribution in [1.82, 2.24) is 10.1 Å². The number of hydrogen-bond acceptors (Lipinski definition) is 6. The summed E-state index contributed by atoms with van der Waals surface area (Å²) in [7, 11) is 3.20. The monoisotopic (exact) mass is 418 g/mol. The number of hydrogen-bond donors (Lipinski definition) is 0. The van der Waals surface area contributed by atoms with Crippen molar-refractivity contribution in [2.24, 2.45) is 0 Å². The summed E-state index contributed by atoms with van der Waals surface area (Å²) in [4.78, 5) is 14.9. The Kier molecular flexibility index (Phi) is 6.03. The Bertz CT molecular complexity index is 1130. The zero-order valence-electron chi connectivity index (χ0n) is 17.3. The molecule has 0 radical (unpaired) electrons. The number of aromatic nitrogens is 1. The second kappa shape index (κ2) is 9.21. The van der Waals surface area contributed by atoms with E-state index in [1.807, 2.05) is 36.4 Å². The van der Waals surface area contributed by atoms with Gasteiger partial charge in [-0.15, -0.1) is 0 Å². The molecule has 31 heavy (non-hydrogen) atoms. The Balaban J connectivity index is 1.57. The van der Waals surface area contributed by atoms with E-state index in [9.17, 15) is 4.79 Å². The van der Waals surface area contributed by atoms with Gasteiger partial charge in [-0.1, -0.05) is 17.3 Å². The molecule has 0 fully saturated rings. The summed E-state index contributed by atoms with van der Waals surface area (Å²) in [6, 6.07) is 20.0. The molecule has 2 aromatic heterocycles. The van der Waals surface area contributed by atoms with Gasteiger partial charge in [0, 0.05) is 17.2 Å². The van der Waals surface area contributed by atoms with E-state index in [1.165, 1.54) is 0 Å². The molecular formula is C24H22N2O5. The van der Waals surface area contributed by atoms with Crippen molar-refractivity contribution in [3.8, 4) is 22.8 Å². The summed E-state index contributed by atoms with van der Waals surface area (Å²) in [5.41, 5.74) is 2.02. The molecule has 0 atom stereocenters. The third kappa shape index (κ3) is 4.78. The van der Waals surface area contributed by atoms with E-state index in [-0.39, 0.29) is 12.5 Å². The lowest BCUT2D eigenvalue weighted by Crippen LogP contribution is -2.30. The number of nitrogens with zero attached hydrogens (tertiary/aromatic N) is 2. The Morgan fingerprint density at radius 1 is 0.935 bits per heavy atom. The third-order valence-electron chi connectivity index (χ3n) is 4.82. The van der Waals surface area contributed by atoms with Crippen molar-refractivity contribution in [2.45, 2.75) is 13.1 Å². The quantitative estimate of drug-likeness (QED) is 0.409. The number of carbonyl (C=O) groups excluding carboxylic acids is 1. The van der Waals surface area contributed by atoms with Crippen LogP contribution in [0.15, 0.2) is 81.9 Å². The number of ether oxygens (including phenoxy) is 2. The molecule has 2 aromatic carbocycles. The highest BCUT2D eigenvalue weighted by molar-refractivity contribution is 5.94. The molecule has 0 spiro atoms. The minimum absolute atomic E-state index is 0.148. The zero-order valence-corrected chi connectivity index (χ0v) is 17.3. The summed E-state index contributed by atoms with van der Waals surface area (Å²) in [5.74, 6) is 2.55. The molecule has 4 rings (SSSR count). The molecule has 4 aromatic rings. The normalized spacial score (nSPS) is 10.6. The smallest absolute Gasteiger partial charge is 0.254 e. The Morgan fingerprint density at radius 2 is 1.74 bits per heavy atom. The van der Waals surface area contributed by atoms with Crippen LogP contribution in [0.4, 0.5) is 0 Å². The average Bonchev–Trinajstić information content (AvgIpc) is 3.50. The minimum Gasteiger partial charge on any atom is -0.497 e. The van der Waals surface area contributed by atoms with Gasteiger partial charge in [0.1, 0.15) is 23.0 Å². The van der Waals surface area contributed by atoms with E-state index >= 15 is 0 Å². The van der Waals surface area contributed by atoms with E-state index in [0.717, 1.165) is 11.3 Å². The molecule has 0 saturated heterocycles. The van der Waals surface area contributed by atoms with Gasteiger partial charge in [0.15, 0.2) is 5.76 Å². The van der Waals surface area contributed by atoms with Gasteiger partial charge in [0.25, 0.3) is 5.91 Å². The van der Waals surface area contributed by atoms with Crippen molar-refractivity contribution < 1.29 is 23.2 Å². The molecule has 0 aliphatic carbocycles. The standard InChI is InChI=1S/C24H22N2O5/c1-28-20-10-8-17(9-11-20)24(27)26(16-22-7-4-12-30-22)15-19-14-23(31-25-19)18-5-3-6-21(13-18)29-2/h3-14H,15-16H2,1-2H3. The third-order valence-corrected chi connectivity index (χ3v) is 4.82. The van der Waals surface area contributed by atoms with Gasteiger partial charge >= 0.3 is 0 Å². The maximum absolute atomic E-state index is 13.2. The number of amides is 1. The molecule has 0 bridgehead atoms. The number of carbonyl (C=O) groups is 1. The highest BCUT2D eigenvalue weighted by atomic mass is 16.5. The van der Waals surface area contributed by atoms with Crippen molar-refractivity contribution in [3.05, 3.63) is 90.0 Å². The number of methoxy groups -OCH3 is 2. The lowest BCUT2D eigenvalue weighted by molar-refractivity contribution is 0.0713. The lowest BCUT2D eigenvalue weighted by atomic mass is 10.1. The predicted octanol–water partition coefficient (Wildman–Crippen LogP) is 4.79. The van der Waals surface area contributed by atoms with E-state index < -0.39 is 0 Å². The maximum Gasteiger partial charge on any atom is 0.254 e. The predicted molar refractivity (Wildman–Crippen MR) is 114 cm³/mol. The first-order chi connectivity index (χ1) is 15.2. The van der Waals surface area contributed by atoms with Crippen LogP contribution >= 0.6 is 0 Å². The maximum atomic E-state index is 13.2. The molecule has 0 aliphatic heterocycles. The van der Waals surface area contributed by atoms with Crippen molar-refractivity contribution in [2.75, 3.05) is 14.2 Å². The Labute approximate surface area is 179 Å². The molecule has 0 unspecified atom stereocenters. The topological polar surface area (TPSA) is 77.9 Å². The van der Waals surface area contributed by atoms with Crippen LogP contribution in [-0.2, 0) is 13.1 Å². The average molecular weight is 418 g/mol. The first-order valence-corrected chi connectivity index (χ1v) is 9.72. The molecule has 7 heteroatoms.